The molecule has 1 saturated heterocycles. The van der Waals surface area contributed by atoms with Crippen molar-refractivity contribution in [3.05, 3.63) is 10.4 Å². The summed E-state index contributed by atoms with van der Waals surface area (Å²) in [6.07, 6.45) is -4.53. The van der Waals surface area contributed by atoms with Gasteiger partial charge in [-0.2, -0.15) is 0 Å². The minimum atomic E-state index is -1.30. The van der Waals surface area contributed by atoms with Gasteiger partial charge in [0.1, 0.15) is 0 Å². The number of anilines is 1. The van der Waals surface area contributed by atoms with Crippen molar-refractivity contribution in [2.24, 2.45) is 0 Å². The molecule has 0 spiro atoms. The monoisotopic (exact) mass is 363 g/mol. The molecule has 21 heavy (non-hydrogen) atoms. The Hall–Kier alpha value is -1.49. The number of hydrogen-bond acceptors (Lipinski definition) is 8. The number of nitrogen functional groups attached to an aromatic ring is 1. The third-order valence-corrected chi connectivity index (χ3v) is 3.98. The second-order valence-corrected chi connectivity index (χ2v) is 5.47. The molecule has 0 aromatic carbocycles. The van der Waals surface area contributed by atoms with Crippen molar-refractivity contribution in [1.82, 2.24) is 19.5 Å². The number of ether oxygens (including phenoxy) is 1. The summed E-state index contributed by atoms with van der Waals surface area (Å²) in [5, 5.41) is 29.0. The van der Waals surface area contributed by atoms with Gasteiger partial charge in [0, 0.05) is 0 Å². The SMILES string of the molecule is Nc1nc2c(nc([SeH])n2[C@@H]2O[C@H](CO)C(O)C2O)c(=O)[nH]1. The number of aromatic amines is 1. The van der Waals surface area contributed by atoms with Crippen molar-refractivity contribution in [3.63, 3.8) is 0 Å². The second-order valence-electron chi connectivity index (χ2n) is 4.63. The number of rotatable bonds is 2. The fourth-order valence-electron chi connectivity index (χ4n) is 2.32. The number of nitrogens with one attached hydrogen (secondary N) is 1. The van der Waals surface area contributed by atoms with Crippen molar-refractivity contribution >= 4 is 37.8 Å². The molecular formula is C10H13N5O5Se. The number of aromatic nitrogens is 4. The van der Waals surface area contributed by atoms with Crippen LogP contribution in [0.4, 0.5) is 5.95 Å². The van der Waals surface area contributed by atoms with Crippen molar-refractivity contribution in [3.8, 4) is 0 Å². The molecular weight excluding hydrogens is 349 g/mol. The van der Waals surface area contributed by atoms with Gasteiger partial charge in [-0.05, 0) is 0 Å². The quantitative estimate of drug-likeness (QED) is 0.337. The first-order valence-corrected chi connectivity index (χ1v) is 6.97. The molecule has 2 aromatic heterocycles. The van der Waals surface area contributed by atoms with Crippen LogP contribution in [0.2, 0.25) is 0 Å². The minimum absolute atomic E-state index is 0.0394. The molecule has 0 bridgehead atoms. The molecule has 3 rings (SSSR count). The van der Waals surface area contributed by atoms with E-state index < -0.39 is 36.7 Å². The number of aliphatic hydroxyl groups is 3. The molecule has 1 aliphatic rings. The molecule has 0 amide bonds. The van der Waals surface area contributed by atoms with Gasteiger partial charge in [-0.3, -0.25) is 0 Å². The third-order valence-electron chi connectivity index (χ3n) is 3.32. The van der Waals surface area contributed by atoms with E-state index in [0.29, 0.717) is 4.72 Å². The van der Waals surface area contributed by atoms with Crippen LogP contribution in [0.5, 0.6) is 0 Å². The zero-order valence-electron chi connectivity index (χ0n) is 10.5. The first-order chi connectivity index (χ1) is 9.93. The van der Waals surface area contributed by atoms with Crippen LogP contribution in [0.15, 0.2) is 4.79 Å². The molecule has 114 valence electrons. The Morgan fingerprint density at radius 2 is 2.10 bits per heavy atom. The van der Waals surface area contributed by atoms with Crippen LogP contribution < -0.4 is 16.0 Å². The standard InChI is InChI=1S/C10H13N5O5Se/c11-9-13-6-3(7(19)14-9)12-10(21)15(6)8-5(18)4(17)2(1-16)20-8/h2,4-5,8,16-18H,1H2,(H,12,21)(H3,11,13,14,19)/t2-,4?,5?,8-/m1/s1. The normalized spacial score (nSPS) is 29.3. The molecule has 3 heterocycles. The molecule has 10 nitrogen and oxygen atoms in total. The topological polar surface area (TPSA) is 160 Å². The van der Waals surface area contributed by atoms with Gasteiger partial charge >= 0.3 is 125 Å². The van der Waals surface area contributed by atoms with Crippen LogP contribution in [-0.4, -0.2) is 75.8 Å². The fourth-order valence-corrected chi connectivity index (χ4v) is 2.96. The fraction of sp³-hybridized carbons (Fsp3) is 0.500. The van der Waals surface area contributed by atoms with Gasteiger partial charge in [0.15, 0.2) is 0 Å². The number of imidazole rings is 1. The van der Waals surface area contributed by atoms with E-state index in [1.807, 2.05) is 0 Å². The van der Waals surface area contributed by atoms with E-state index in [4.69, 9.17) is 15.6 Å². The first kappa shape index (κ1) is 14.4. The molecule has 0 aliphatic carbocycles. The maximum absolute atomic E-state index is 11.8. The van der Waals surface area contributed by atoms with Gasteiger partial charge in [-0.25, -0.2) is 0 Å². The Kier molecular flexibility index (Phi) is 3.48. The van der Waals surface area contributed by atoms with Crippen LogP contribution in [0.25, 0.3) is 11.2 Å². The van der Waals surface area contributed by atoms with Crippen molar-refractivity contribution in [2.45, 2.75) is 24.5 Å². The maximum atomic E-state index is 11.8. The van der Waals surface area contributed by atoms with E-state index in [0.717, 1.165) is 0 Å². The van der Waals surface area contributed by atoms with Gasteiger partial charge in [0.2, 0.25) is 0 Å². The van der Waals surface area contributed by atoms with E-state index in [1.165, 1.54) is 4.57 Å². The number of fused-ring (bicyclic) bond motifs is 1. The average Bonchev–Trinajstić information content (AvgIpc) is 2.89. The number of nitrogens with two attached hydrogens (primary N) is 1. The van der Waals surface area contributed by atoms with E-state index >= 15 is 0 Å². The summed E-state index contributed by atoms with van der Waals surface area (Å²) in [6, 6.07) is 0. The number of H-pyrrole nitrogens is 1. The van der Waals surface area contributed by atoms with Gasteiger partial charge in [-0.15, -0.1) is 0 Å². The Labute approximate surface area is 125 Å². The zero-order chi connectivity index (χ0) is 15.3. The van der Waals surface area contributed by atoms with Gasteiger partial charge in [-0.1, -0.05) is 0 Å². The van der Waals surface area contributed by atoms with Crippen LogP contribution in [0.3, 0.4) is 0 Å². The summed E-state index contributed by atoms with van der Waals surface area (Å²) in [5.41, 5.74) is 5.16. The predicted octanol–water partition coefficient (Wildman–Crippen LogP) is -4.16. The Morgan fingerprint density at radius 1 is 1.38 bits per heavy atom. The summed E-state index contributed by atoms with van der Waals surface area (Å²) in [4.78, 5) is 22.2. The van der Waals surface area contributed by atoms with E-state index in [2.05, 4.69) is 31.0 Å². The summed E-state index contributed by atoms with van der Waals surface area (Å²) in [6.45, 7) is -0.453. The molecule has 4 atom stereocenters. The molecule has 1 aliphatic heterocycles. The molecule has 0 saturated carbocycles. The van der Waals surface area contributed by atoms with Gasteiger partial charge in [0.05, 0.1) is 0 Å². The summed E-state index contributed by atoms with van der Waals surface area (Å²) < 4.78 is 7.07. The molecule has 6 N–H and O–H groups in total. The van der Waals surface area contributed by atoms with Crippen LogP contribution in [-0.2, 0) is 4.74 Å². The summed E-state index contributed by atoms with van der Waals surface area (Å²) in [5.74, 6) is -0.104. The molecule has 0 radical (unpaired) electrons. The Bertz CT molecular complexity index is 745. The number of nitrogens with zero attached hydrogens (tertiary/aromatic N) is 3. The zero-order valence-corrected chi connectivity index (χ0v) is 12.4. The van der Waals surface area contributed by atoms with Crippen LogP contribution in [0.1, 0.15) is 6.23 Å². The molecule has 2 unspecified atom stereocenters. The Balaban J connectivity index is 2.17. The summed E-state index contributed by atoms with van der Waals surface area (Å²) >= 11 is 2.12. The van der Waals surface area contributed by atoms with Crippen molar-refractivity contribution in [2.75, 3.05) is 12.3 Å². The molecule has 2 aromatic rings. The van der Waals surface area contributed by atoms with Crippen molar-refractivity contribution < 1.29 is 20.1 Å². The predicted molar refractivity (Wildman–Crippen MR) is 72.4 cm³/mol. The van der Waals surface area contributed by atoms with Crippen LogP contribution in [0, 0.1) is 0 Å². The van der Waals surface area contributed by atoms with Gasteiger partial charge < -0.3 is 0 Å². The van der Waals surface area contributed by atoms with E-state index in [-0.39, 0.29) is 17.1 Å². The average molecular weight is 362 g/mol. The summed E-state index contributed by atoms with van der Waals surface area (Å²) in [7, 11) is 0. The second kappa shape index (κ2) is 5.05. The first-order valence-electron chi connectivity index (χ1n) is 6.03. The number of hydrogen-bond donors (Lipinski definition) is 5. The van der Waals surface area contributed by atoms with E-state index in [9.17, 15) is 15.0 Å². The third kappa shape index (κ3) is 2.14. The Morgan fingerprint density at radius 3 is 2.71 bits per heavy atom. The molecule has 1 fully saturated rings. The number of aliphatic hydroxyl groups excluding tert-OH is 3. The van der Waals surface area contributed by atoms with Crippen LogP contribution >= 0.6 is 0 Å². The van der Waals surface area contributed by atoms with Gasteiger partial charge in [0.25, 0.3) is 0 Å². The van der Waals surface area contributed by atoms with E-state index in [1.54, 1.807) is 0 Å². The van der Waals surface area contributed by atoms with Crippen molar-refractivity contribution in [1.29, 1.82) is 0 Å². The molecule has 11 heteroatoms.